The number of halogens is 2. The minimum absolute atomic E-state index is 0.0200. The third-order valence-corrected chi connectivity index (χ3v) is 4.61. The van der Waals surface area contributed by atoms with Gasteiger partial charge in [0, 0.05) is 4.47 Å². The van der Waals surface area contributed by atoms with Gasteiger partial charge in [-0.2, -0.15) is 0 Å². The van der Waals surface area contributed by atoms with E-state index in [-0.39, 0.29) is 11.9 Å². The van der Waals surface area contributed by atoms with E-state index < -0.39 is 0 Å². The Labute approximate surface area is 127 Å². The lowest BCUT2D eigenvalue weighted by molar-refractivity contribution is 0.547. The van der Waals surface area contributed by atoms with Crippen LogP contribution in [-0.2, 0) is 6.42 Å². The Balaban J connectivity index is 2.31. The molecule has 0 amide bonds. The number of hydrogen-bond acceptors (Lipinski definition) is 2. The van der Waals surface area contributed by atoms with Crippen molar-refractivity contribution in [2.45, 2.75) is 26.3 Å². The Morgan fingerprint density at radius 3 is 2.60 bits per heavy atom. The fraction of sp³-hybridized carbons (Fsp3) is 0.250. The van der Waals surface area contributed by atoms with Crippen LogP contribution in [0.2, 0.25) is 0 Å². The number of nitrogens with two attached hydrogens (primary N) is 1. The van der Waals surface area contributed by atoms with Crippen LogP contribution >= 0.6 is 15.9 Å². The Kier molecular flexibility index (Phi) is 4.91. The SMILES string of the molecule is Cc1cc(F)ccc1CC(NN)c1cccc(C)c1Br. The summed E-state index contributed by atoms with van der Waals surface area (Å²) in [6, 6.07) is 10.9. The molecule has 0 radical (unpaired) electrons. The van der Waals surface area contributed by atoms with E-state index in [2.05, 4.69) is 21.4 Å². The average molecular weight is 337 g/mol. The molecule has 0 saturated carbocycles. The number of benzene rings is 2. The number of aryl methyl sites for hydroxylation is 2. The molecule has 1 unspecified atom stereocenters. The van der Waals surface area contributed by atoms with Gasteiger partial charge in [0.2, 0.25) is 0 Å². The molecule has 1 atom stereocenters. The summed E-state index contributed by atoms with van der Waals surface area (Å²) in [6.07, 6.45) is 0.713. The van der Waals surface area contributed by atoms with Gasteiger partial charge in [0.15, 0.2) is 0 Å². The summed E-state index contributed by atoms with van der Waals surface area (Å²) in [5.74, 6) is 5.50. The van der Waals surface area contributed by atoms with Crippen molar-refractivity contribution in [3.05, 3.63) is 68.9 Å². The molecule has 2 rings (SSSR count). The smallest absolute Gasteiger partial charge is 0.123 e. The molecule has 2 nitrogen and oxygen atoms in total. The van der Waals surface area contributed by atoms with Crippen molar-refractivity contribution >= 4 is 15.9 Å². The third kappa shape index (κ3) is 3.26. The van der Waals surface area contributed by atoms with Gasteiger partial charge in [-0.25, -0.2) is 4.39 Å². The fourth-order valence-corrected chi connectivity index (χ4v) is 2.85. The van der Waals surface area contributed by atoms with Crippen LogP contribution < -0.4 is 11.3 Å². The monoisotopic (exact) mass is 336 g/mol. The van der Waals surface area contributed by atoms with Crippen molar-refractivity contribution in [3.63, 3.8) is 0 Å². The fourth-order valence-electron chi connectivity index (χ4n) is 2.31. The van der Waals surface area contributed by atoms with Crippen LogP contribution in [0.5, 0.6) is 0 Å². The number of hydrazine groups is 1. The van der Waals surface area contributed by atoms with E-state index >= 15 is 0 Å². The summed E-state index contributed by atoms with van der Waals surface area (Å²) in [5, 5.41) is 0. The second kappa shape index (κ2) is 6.48. The lowest BCUT2D eigenvalue weighted by atomic mass is 9.95. The topological polar surface area (TPSA) is 38.0 Å². The predicted octanol–water partition coefficient (Wildman–Crippen LogP) is 3.95. The van der Waals surface area contributed by atoms with E-state index in [9.17, 15) is 4.39 Å². The van der Waals surface area contributed by atoms with Crippen LogP contribution in [0.3, 0.4) is 0 Å². The molecule has 0 bridgehead atoms. The predicted molar refractivity (Wildman–Crippen MR) is 83.8 cm³/mol. The molecule has 0 fully saturated rings. The summed E-state index contributed by atoms with van der Waals surface area (Å²) < 4.78 is 14.2. The quantitative estimate of drug-likeness (QED) is 0.655. The van der Waals surface area contributed by atoms with Gasteiger partial charge in [-0.3, -0.25) is 11.3 Å². The second-order valence-electron chi connectivity index (χ2n) is 4.97. The van der Waals surface area contributed by atoms with Gasteiger partial charge in [-0.05, 0) is 54.7 Å². The largest absolute Gasteiger partial charge is 0.271 e. The molecular weight excluding hydrogens is 319 g/mol. The Bertz CT molecular complexity index is 613. The zero-order chi connectivity index (χ0) is 14.7. The molecule has 0 aromatic heterocycles. The zero-order valence-corrected chi connectivity index (χ0v) is 13.2. The van der Waals surface area contributed by atoms with E-state index in [4.69, 9.17) is 5.84 Å². The van der Waals surface area contributed by atoms with Crippen molar-refractivity contribution in [1.82, 2.24) is 5.43 Å². The molecule has 0 aliphatic heterocycles. The maximum absolute atomic E-state index is 13.2. The summed E-state index contributed by atoms with van der Waals surface area (Å²) >= 11 is 3.61. The molecule has 4 heteroatoms. The molecular formula is C16H18BrFN2. The van der Waals surface area contributed by atoms with Gasteiger partial charge in [-0.1, -0.05) is 40.2 Å². The van der Waals surface area contributed by atoms with Gasteiger partial charge in [0.1, 0.15) is 5.82 Å². The highest BCUT2D eigenvalue weighted by Crippen LogP contribution is 2.29. The van der Waals surface area contributed by atoms with E-state index in [0.717, 1.165) is 21.2 Å². The number of hydrogen-bond donors (Lipinski definition) is 2. The summed E-state index contributed by atoms with van der Waals surface area (Å²) in [5.41, 5.74) is 7.15. The average Bonchev–Trinajstić information content (AvgIpc) is 2.42. The Morgan fingerprint density at radius 1 is 1.20 bits per heavy atom. The molecule has 20 heavy (non-hydrogen) atoms. The summed E-state index contributed by atoms with van der Waals surface area (Å²) in [7, 11) is 0. The van der Waals surface area contributed by atoms with Crippen LogP contribution in [0.15, 0.2) is 40.9 Å². The third-order valence-electron chi connectivity index (χ3n) is 3.53. The van der Waals surface area contributed by atoms with Crippen LogP contribution in [0.4, 0.5) is 4.39 Å². The molecule has 2 aromatic rings. The van der Waals surface area contributed by atoms with Crippen LogP contribution in [-0.4, -0.2) is 0 Å². The van der Waals surface area contributed by atoms with Crippen molar-refractivity contribution < 1.29 is 4.39 Å². The van der Waals surface area contributed by atoms with E-state index in [0.29, 0.717) is 6.42 Å². The highest BCUT2D eigenvalue weighted by molar-refractivity contribution is 9.10. The first-order valence-corrected chi connectivity index (χ1v) is 7.28. The van der Waals surface area contributed by atoms with Crippen molar-refractivity contribution in [3.8, 4) is 0 Å². The van der Waals surface area contributed by atoms with Crippen LogP contribution in [0.1, 0.15) is 28.3 Å². The zero-order valence-electron chi connectivity index (χ0n) is 11.6. The number of rotatable bonds is 4. The van der Waals surface area contributed by atoms with Crippen molar-refractivity contribution in [2.24, 2.45) is 5.84 Å². The van der Waals surface area contributed by atoms with E-state index in [1.807, 2.05) is 38.1 Å². The highest BCUT2D eigenvalue weighted by atomic mass is 79.9. The lowest BCUT2D eigenvalue weighted by Crippen LogP contribution is -2.30. The van der Waals surface area contributed by atoms with Gasteiger partial charge in [0.05, 0.1) is 6.04 Å². The highest BCUT2D eigenvalue weighted by Gasteiger charge is 2.15. The molecule has 3 N–H and O–H groups in total. The maximum atomic E-state index is 13.2. The molecule has 2 aromatic carbocycles. The van der Waals surface area contributed by atoms with Crippen molar-refractivity contribution in [1.29, 1.82) is 0 Å². The Hall–Kier alpha value is -1.23. The lowest BCUT2D eigenvalue weighted by Gasteiger charge is -2.20. The normalized spacial score (nSPS) is 12.4. The van der Waals surface area contributed by atoms with Gasteiger partial charge < -0.3 is 0 Å². The molecule has 0 heterocycles. The first-order chi connectivity index (χ1) is 9.52. The molecule has 106 valence electrons. The minimum atomic E-state index is -0.208. The standard InChI is InChI=1S/C16H18BrFN2/c1-10-4-3-5-14(16(10)17)15(20-19)9-12-6-7-13(18)8-11(12)2/h3-8,15,20H,9,19H2,1-2H3. The van der Waals surface area contributed by atoms with Crippen LogP contribution in [0, 0.1) is 19.7 Å². The van der Waals surface area contributed by atoms with E-state index in [1.54, 1.807) is 6.07 Å². The summed E-state index contributed by atoms with van der Waals surface area (Å²) in [6.45, 7) is 3.96. The molecule has 0 aliphatic carbocycles. The molecule has 0 aliphatic rings. The first-order valence-electron chi connectivity index (χ1n) is 6.49. The van der Waals surface area contributed by atoms with Crippen molar-refractivity contribution in [2.75, 3.05) is 0 Å². The van der Waals surface area contributed by atoms with Crippen LogP contribution in [0.25, 0.3) is 0 Å². The van der Waals surface area contributed by atoms with Gasteiger partial charge in [-0.15, -0.1) is 0 Å². The maximum Gasteiger partial charge on any atom is 0.123 e. The second-order valence-corrected chi connectivity index (χ2v) is 5.77. The molecule has 0 saturated heterocycles. The summed E-state index contributed by atoms with van der Waals surface area (Å²) in [4.78, 5) is 0. The minimum Gasteiger partial charge on any atom is -0.271 e. The van der Waals surface area contributed by atoms with Gasteiger partial charge in [0.25, 0.3) is 0 Å². The first kappa shape index (κ1) is 15.2. The number of nitrogens with one attached hydrogen (secondary N) is 1. The Morgan fingerprint density at radius 2 is 1.95 bits per heavy atom. The van der Waals surface area contributed by atoms with E-state index in [1.165, 1.54) is 11.6 Å². The van der Waals surface area contributed by atoms with Gasteiger partial charge >= 0.3 is 0 Å². The molecule has 0 spiro atoms.